The Bertz CT molecular complexity index is 370. The molecule has 0 radical (unpaired) electrons. The van der Waals surface area contributed by atoms with Gasteiger partial charge in [0.1, 0.15) is 0 Å². The first-order valence-corrected chi connectivity index (χ1v) is 9.72. The van der Waals surface area contributed by atoms with Crippen LogP contribution in [0.5, 0.6) is 0 Å². The van der Waals surface area contributed by atoms with Crippen molar-refractivity contribution < 1.29 is 0 Å². The zero-order valence-electron chi connectivity index (χ0n) is 8.57. The van der Waals surface area contributed by atoms with Gasteiger partial charge in [-0.1, -0.05) is 0 Å². The predicted molar refractivity (Wildman–Crippen MR) is 72.3 cm³/mol. The van der Waals surface area contributed by atoms with E-state index in [9.17, 15) is 0 Å². The molecule has 0 aliphatic carbocycles. The first kappa shape index (κ1) is 11.5. The van der Waals surface area contributed by atoms with E-state index < -0.39 is 5.31 Å². The number of benzene rings is 1. The number of hydrogen-bond acceptors (Lipinski definition) is 0. The number of rotatable bonds is 3. The van der Waals surface area contributed by atoms with Crippen LogP contribution in [0.1, 0.15) is 12.0 Å². The van der Waals surface area contributed by atoms with Gasteiger partial charge in [-0.2, -0.15) is 0 Å². The Morgan fingerprint density at radius 1 is 1.13 bits per heavy atom. The Morgan fingerprint density at radius 2 is 1.87 bits per heavy atom. The van der Waals surface area contributed by atoms with E-state index in [1.54, 1.807) is 0 Å². The summed E-state index contributed by atoms with van der Waals surface area (Å²) in [6.07, 6.45) is 6.02. The summed E-state index contributed by atoms with van der Waals surface area (Å²) in [5.41, 5.74) is 1.32. The molecule has 0 unspecified atom stereocenters. The molecule has 0 nitrogen and oxygen atoms in total. The van der Waals surface area contributed by atoms with E-state index in [1.165, 1.54) is 5.56 Å². The van der Waals surface area contributed by atoms with Gasteiger partial charge in [0.25, 0.3) is 0 Å². The second-order valence-corrected chi connectivity index (χ2v) is 13.6. The Balaban J connectivity index is 2.02. The van der Waals surface area contributed by atoms with E-state index in [0.717, 1.165) is 25.2 Å². The Hall–Kier alpha value is -0.0300. The molecule has 0 amide bonds. The molecule has 0 spiro atoms. The van der Waals surface area contributed by atoms with Crippen LogP contribution in [0.2, 0.25) is 0 Å². The average Bonchev–Trinajstić information content (AvgIpc) is 2.60. The van der Waals surface area contributed by atoms with Crippen molar-refractivity contribution >= 4 is 27.8 Å². The van der Waals surface area contributed by atoms with Crippen LogP contribution >= 0.6 is 27.8 Å². The fourth-order valence-corrected chi connectivity index (χ4v) is 5.99. The van der Waals surface area contributed by atoms with Crippen LogP contribution in [-0.4, -0.2) is 12.3 Å². The van der Waals surface area contributed by atoms with E-state index in [0.29, 0.717) is 0 Å². The van der Waals surface area contributed by atoms with Gasteiger partial charge in [0, 0.05) is 0 Å². The van der Waals surface area contributed by atoms with Gasteiger partial charge >= 0.3 is 101 Å². The summed E-state index contributed by atoms with van der Waals surface area (Å²) >= 11 is 13.2. The first-order chi connectivity index (χ1) is 7.07. The molecule has 0 atom stereocenters. The molecular formula is C12H15Cl2P. The second kappa shape index (κ2) is 4.09. The molecule has 82 valence electrons. The van der Waals surface area contributed by atoms with Crippen molar-refractivity contribution in [1.29, 1.82) is 0 Å². The Labute approximate surface area is 101 Å². The Kier molecular flexibility index (Phi) is 3.12. The van der Waals surface area contributed by atoms with Crippen molar-refractivity contribution in [2.75, 3.05) is 12.3 Å². The van der Waals surface area contributed by atoms with Crippen LogP contribution in [-0.2, 0) is 6.42 Å². The topological polar surface area (TPSA) is 0 Å². The van der Waals surface area contributed by atoms with Crippen LogP contribution in [0.25, 0.3) is 0 Å². The molecular weight excluding hydrogens is 246 g/mol. The molecule has 1 aliphatic rings. The van der Waals surface area contributed by atoms with E-state index in [2.05, 4.69) is 36.2 Å². The third kappa shape index (κ3) is 2.97. The van der Waals surface area contributed by atoms with Crippen molar-refractivity contribution in [1.82, 2.24) is 0 Å². The molecule has 3 heteroatoms. The molecule has 2 rings (SSSR count). The molecule has 1 aromatic rings. The molecule has 0 saturated carbocycles. The standard InChI is InChI=1S/C12H15Cl2P/c13-15(14,9-4-5-10-15)11-8-12-6-2-1-3-7-12/h1-4,6-7,9H,5,8,10-11H2. The predicted octanol–water partition coefficient (Wildman–Crippen LogP) is 5.01. The third-order valence-electron chi connectivity index (χ3n) is 2.88. The fraction of sp³-hybridized carbons (Fsp3) is 0.333. The molecule has 15 heavy (non-hydrogen) atoms. The summed E-state index contributed by atoms with van der Waals surface area (Å²) in [7, 11) is 0. The van der Waals surface area contributed by atoms with Crippen molar-refractivity contribution in [2.45, 2.75) is 12.8 Å². The summed E-state index contributed by atoms with van der Waals surface area (Å²) in [4.78, 5) is 0. The zero-order valence-corrected chi connectivity index (χ0v) is 11.0. The number of allylic oxidation sites excluding steroid dienone is 1. The first-order valence-electron chi connectivity index (χ1n) is 5.23. The molecule has 0 fully saturated rings. The van der Waals surface area contributed by atoms with Crippen LogP contribution in [0.4, 0.5) is 0 Å². The van der Waals surface area contributed by atoms with Gasteiger partial charge in [0.2, 0.25) is 0 Å². The minimum atomic E-state index is -2.47. The monoisotopic (exact) mass is 260 g/mol. The molecule has 1 aromatic carbocycles. The number of halogens is 2. The second-order valence-electron chi connectivity index (χ2n) is 4.18. The van der Waals surface area contributed by atoms with Crippen LogP contribution < -0.4 is 0 Å². The third-order valence-corrected chi connectivity index (χ3v) is 8.75. The van der Waals surface area contributed by atoms with Crippen LogP contribution in [0.15, 0.2) is 42.2 Å². The SMILES string of the molecule is ClP1(Cl)(CCc2ccccc2)C=CCC1. The van der Waals surface area contributed by atoms with Crippen molar-refractivity contribution in [3.8, 4) is 0 Å². The normalized spacial score (nSPS) is 24.5. The van der Waals surface area contributed by atoms with Crippen LogP contribution in [0.3, 0.4) is 0 Å². The van der Waals surface area contributed by atoms with Gasteiger partial charge in [0.15, 0.2) is 0 Å². The Morgan fingerprint density at radius 3 is 2.47 bits per heavy atom. The van der Waals surface area contributed by atoms with E-state index in [-0.39, 0.29) is 0 Å². The van der Waals surface area contributed by atoms with Gasteiger partial charge in [-0.05, 0) is 0 Å². The zero-order chi connectivity index (χ0) is 10.8. The van der Waals surface area contributed by atoms with Gasteiger partial charge in [-0.3, -0.25) is 0 Å². The summed E-state index contributed by atoms with van der Waals surface area (Å²) < 4.78 is 0. The van der Waals surface area contributed by atoms with E-state index >= 15 is 0 Å². The molecule has 0 N–H and O–H groups in total. The maximum atomic E-state index is 6.59. The fourth-order valence-electron chi connectivity index (χ4n) is 1.90. The summed E-state index contributed by atoms with van der Waals surface area (Å²) in [6.45, 7) is 0. The van der Waals surface area contributed by atoms with Crippen molar-refractivity contribution in [2.24, 2.45) is 0 Å². The molecule has 0 bridgehead atoms. The van der Waals surface area contributed by atoms with Gasteiger partial charge in [0.05, 0.1) is 0 Å². The maximum absolute atomic E-state index is 6.59. The van der Waals surface area contributed by atoms with Crippen LogP contribution in [0, 0.1) is 0 Å². The molecule has 0 saturated heterocycles. The number of hydrogen-bond donors (Lipinski definition) is 0. The number of aryl methyl sites for hydroxylation is 1. The van der Waals surface area contributed by atoms with Gasteiger partial charge in [-0.25, -0.2) is 0 Å². The summed E-state index contributed by atoms with van der Waals surface area (Å²) in [6, 6.07) is 10.4. The molecule has 1 aliphatic heterocycles. The average molecular weight is 261 g/mol. The van der Waals surface area contributed by atoms with Gasteiger partial charge < -0.3 is 0 Å². The summed E-state index contributed by atoms with van der Waals surface area (Å²) in [5, 5.41) is -2.47. The van der Waals surface area contributed by atoms with E-state index in [4.69, 9.17) is 22.5 Å². The van der Waals surface area contributed by atoms with Crippen molar-refractivity contribution in [3.63, 3.8) is 0 Å². The molecule has 1 heterocycles. The van der Waals surface area contributed by atoms with E-state index in [1.807, 2.05) is 6.07 Å². The summed E-state index contributed by atoms with van der Waals surface area (Å²) in [5.74, 6) is 2.08. The minimum absolute atomic E-state index is 0.912. The van der Waals surface area contributed by atoms with Gasteiger partial charge in [-0.15, -0.1) is 0 Å². The molecule has 0 aromatic heterocycles. The van der Waals surface area contributed by atoms with Crippen molar-refractivity contribution in [3.05, 3.63) is 47.8 Å². The quantitative estimate of drug-likeness (QED) is 0.671.